The van der Waals surface area contributed by atoms with Gasteiger partial charge < -0.3 is 0 Å². The Bertz CT molecular complexity index is 560. The van der Waals surface area contributed by atoms with Crippen molar-refractivity contribution in [1.82, 2.24) is 4.40 Å². The Morgan fingerprint density at radius 3 is 2.79 bits per heavy atom. The molecule has 2 aromatic heterocycles. The van der Waals surface area contributed by atoms with E-state index < -0.39 is 0 Å². The average Bonchev–Trinajstić information content (AvgIpc) is 2.18. The van der Waals surface area contributed by atoms with Crippen LogP contribution >= 0.6 is 11.6 Å². The van der Waals surface area contributed by atoms with Crippen molar-refractivity contribution in [3.63, 3.8) is 0 Å². The molecule has 0 spiro atoms. The zero-order chi connectivity index (χ0) is 10.1. The lowest BCUT2D eigenvalue weighted by Crippen LogP contribution is -2.17. The molecule has 2 aromatic rings. The molecule has 0 saturated heterocycles. The maximum atomic E-state index is 11.6. The Kier molecular flexibility index (Phi) is 2.09. The van der Waals surface area contributed by atoms with E-state index in [1.807, 2.05) is 0 Å². The van der Waals surface area contributed by atoms with Gasteiger partial charge in [0.1, 0.15) is 0 Å². The van der Waals surface area contributed by atoms with Gasteiger partial charge in [-0.25, -0.2) is 0 Å². The third kappa shape index (κ3) is 1.32. The van der Waals surface area contributed by atoms with E-state index in [2.05, 4.69) is 0 Å². The molecule has 0 radical (unpaired) electrons. The van der Waals surface area contributed by atoms with Gasteiger partial charge in [0, 0.05) is 11.2 Å². The van der Waals surface area contributed by atoms with Gasteiger partial charge in [-0.2, -0.15) is 0 Å². The first-order chi connectivity index (χ1) is 6.72. The van der Waals surface area contributed by atoms with E-state index in [-0.39, 0.29) is 11.1 Å². The van der Waals surface area contributed by atoms with Crippen molar-refractivity contribution < 1.29 is 4.79 Å². The number of fused-ring (bicyclic) bond motifs is 1. The minimum Gasteiger partial charge on any atom is -0.298 e. The maximum Gasteiger partial charge on any atom is 0.265 e. The highest BCUT2D eigenvalue weighted by Crippen LogP contribution is 2.10. The van der Waals surface area contributed by atoms with Crippen LogP contribution in [0.4, 0.5) is 0 Å². The van der Waals surface area contributed by atoms with Gasteiger partial charge >= 0.3 is 0 Å². The first-order valence-electron chi connectivity index (χ1n) is 3.98. The number of nitrogens with zero attached hydrogens (tertiary/aromatic N) is 1. The molecule has 2 rings (SSSR count). The van der Waals surface area contributed by atoms with Crippen LogP contribution in [0.15, 0.2) is 35.3 Å². The minimum atomic E-state index is -0.325. The quantitative estimate of drug-likeness (QED) is 0.669. The lowest BCUT2D eigenvalue weighted by molar-refractivity contribution is 0.112. The van der Waals surface area contributed by atoms with Crippen molar-refractivity contribution in [2.24, 2.45) is 0 Å². The molecule has 0 N–H and O–H groups in total. The molecule has 3 nitrogen and oxygen atoms in total. The standard InChI is InChI=1S/C10H6ClNO2/c11-8-3-4-12-9(5-8)2-1-7(6-13)10(12)14/h1-6H. The van der Waals surface area contributed by atoms with E-state index in [0.29, 0.717) is 16.8 Å². The summed E-state index contributed by atoms with van der Waals surface area (Å²) >= 11 is 5.76. The molecule has 2 heterocycles. The number of rotatable bonds is 1. The summed E-state index contributed by atoms with van der Waals surface area (Å²) in [7, 11) is 0. The molecule has 4 heteroatoms. The summed E-state index contributed by atoms with van der Waals surface area (Å²) in [5.74, 6) is 0. The van der Waals surface area contributed by atoms with Crippen LogP contribution in [0.1, 0.15) is 10.4 Å². The molecule has 0 aromatic carbocycles. The molecular weight excluding hydrogens is 202 g/mol. The number of hydrogen-bond acceptors (Lipinski definition) is 2. The predicted molar refractivity (Wildman–Crippen MR) is 54.1 cm³/mol. The average molecular weight is 208 g/mol. The van der Waals surface area contributed by atoms with Crippen molar-refractivity contribution in [1.29, 1.82) is 0 Å². The third-order valence-corrected chi connectivity index (χ3v) is 2.21. The van der Waals surface area contributed by atoms with Crippen LogP contribution in [0.3, 0.4) is 0 Å². The minimum absolute atomic E-state index is 0.143. The summed E-state index contributed by atoms with van der Waals surface area (Å²) < 4.78 is 1.38. The zero-order valence-corrected chi connectivity index (χ0v) is 7.86. The number of aldehydes is 1. The highest BCUT2D eigenvalue weighted by atomic mass is 35.5. The van der Waals surface area contributed by atoms with Crippen LogP contribution in [0, 0.1) is 0 Å². The molecule has 0 atom stereocenters. The molecule has 0 amide bonds. The number of pyridine rings is 2. The molecular formula is C10H6ClNO2. The predicted octanol–water partition coefficient (Wildman–Crippen LogP) is 1.77. The SMILES string of the molecule is O=Cc1ccc2cc(Cl)ccn2c1=O. The fourth-order valence-corrected chi connectivity index (χ4v) is 1.45. The van der Waals surface area contributed by atoms with Crippen LogP contribution in [0.2, 0.25) is 5.02 Å². The lowest BCUT2D eigenvalue weighted by atomic mass is 10.2. The molecule has 0 saturated carbocycles. The van der Waals surface area contributed by atoms with E-state index in [0.717, 1.165) is 0 Å². The number of hydrogen-bond donors (Lipinski definition) is 0. The Morgan fingerprint density at radius 2 is 2.07 bits per heavy atom. The molecule has 0 unspecified atom stereocenters. The van der Waals surface area contributed by atoms with Gasteiger partial charge in [0.2, 0.25) is 0 Å². The number of carbonyl (C=O) groups is 1. The van der Waals surface area contributed by atoms with Crippen LogP contribution in [0.25, 0.3) is 5.52 Å². The lowest BCUT2D eigenvalue weighted by Gasteiger charge is -2.00. The Labute approximate surface area is 84.6 Å². The second-order valence-corrected chi connectivity index (χ2v) is 3.29. The number of halogens is 1. The fraction of sp³-hybridized carbons (Fsp3) is 0. The second-order valence-electron chi connectivity index (χ2n) is 2.85. The van der Waals surface area contributed by atoms with E-state index in [1.165, 1.54) is 10.5 Å². The highest BCUT2D eigenvalue weighted by Gasteiger charge is 2.01. The van der Waals surface area contributed by atoms with Gasteiger partial charge in [0.15, 0.2) is 6.29 Å². The van der Waals surface area contributed by atoms with Gasteiger partial charge in [-0.05, 0) is 24.3 Å². The smallest absolute Gasteiger partial charge is 0.265 e. The Morgan fingerprint density at radius 1 is 1.29 bits per heavy atom. The molecule has 0 aliphatic carbocycles. The monoisotopic (exact) mass is 207 g/mol. The zero-order valence-electron chi connectivity index (χ0n) is 7.11. The fourth-order valence-electron chi connectivity index (χ4n) is 1.28. The van der Waals surface area contributed by atoms with Gasteiger partial charge in [0.05, 0.1) is 11.1 Å². The Balaban J connectivity index is 2.91. The molecule has 70 valence electrons. The van der Waals surface area contributed by atoms with Crippen molar-refractivity contribution in [3.05, 3.63) is 51.4 Å². The highest BCUT2D eigenvalue weighted by molar-refractivity contribution is 6.30. The van der Waals surface area contributed by atoms with E-state index >= 15 is 0 Å². The second kappa shape index (κ2) is 3.27. The third-order valence-electron chi connectivity index (χ3n) is 1.97. The van der Waals surface area contributed by atoms with Gasteiger partial charge in [0.25, 0.3) is 5.56 Å². The largest absolute Gasteiger partial charge is 0.298 e. The van der Waals surface area contributed by atoms with Crippen molar-refractivity contribution in [3.8, 4) is 0 Å². The number of carbonyl (C=O) groups excluding carboxylic acids is 1. The first kappa shape index (κ1) is 8.97. The first-order valence-corrected chi connectivity index (χ1v) is 4.36. The van der Waals surface area contributed by atoms with Gasteiger partial charge in [-0.1, -0.05) is 11.6 Å². The summed E-state index contributed by atoms with van der Waals surface area (Å²) in [6, 6.07) is 6.43. The summed E-state index contributed by atoms with van der Waals surface area (Å²) in [5.41, 5.74) is 0.493. The molecule has 14 heavy (non-hydrogen) atoms. The summed E-state index contributed by atoms with van der Waals surface area (Å²) in [4.78, 5) is 22.1. The van der Waals surface area contributed by atoms with E-state index in [1.54, 1.807) is 24.4 Å². The summed E-state index contributed by atoms with van der Waals surface area (Å²) in [5, 5.41) is 0.559. The van der Waals surface area contributed by atoms with Crippen molar-refractivity contribution >= 4 is 23.4 Å². The topological polar surface area (TPSA) is 38.5 Å². The molecule has 0 aliphatic rings. The molecule has 0 bridgehead atoms. The summed E-state index contributed by atoms with van der Waals surface area (Å²) in [6.45, 7) is 0. The molecule has 0 aliphatic heterocycles. The van der Waals surface area contributed by atoms with Crippen molar-refractivity contribution in [2.45, 2.75) is 0 Å². The van der Waals surface area contributed by atoms with Crippen LogP contribution in [-0.2, 0) is 0 Å². The van der Waals surface area contributed by atoms with Crippen LogP contribution in [-0.4, -0.2) is 10.7 Å². The van der Waals surface area contributed by atoms with Crippen LogP contribution < -0.4 is 5.56 Å². The maximum absolute atomic E-state index is 11.6. The van der Waals surface area contributed by atoms with E-state index in [4.69, 9.17) is 11.6 Å². The van der Waals surface area contributed by atoms with E-state index in [9.17, 15) is 9.59 Å². The Hall–Kier alpha value is -1.61. The van der Waals surface area contributed by atoms with Crippen LogP contribution in [0.5, 0.6) is 0 Å². The summed E-state index contributed by atoms with van der Waals surface area (Å²) in [6.07, 6.45) is 2.09. The van der Waals surface area contributed by atoms with Gasteiger partial charge in [-0.3, -0.25) is 14.0 Å². The van der Waals surface area contributed by atoms with Crippen molar-refractivity contribution in [2.75, 3.05) is 0 Å². The number of aromatic nitrogens is 1. The van der Waals surface area contributed by atoms with Gasteiger partial charge in [-0.15, -0.1) is 0 Å². The normalized spacial score (nSPS) is 10.4. The molecule has 0 fully saturated rings.